The molecule has 0 saturated carbocycles. The number of aryl methyl sites for hydroxylation is 1. The van der Waals surface area contributed by atoms with E-state index < -0.39 is 0 Å². The molecule has 7 heteroatoms. The summed E-state index contributed by atoms with van der Waals surface area (Å²) in [6, 6.07) is 13.1. The van der Waals surface area contributed by atoms with E-state index in [0.29, 0.717) is 61.6 Å². The highest BCUT2D eigenvalue weighted by Crippen LogP contribution is 2.32. The van der Waals surface area contributed by atoms with Crippen LogP contribution in [0.25, 0.3) is 0 Å². The quantitative estimate of drug-likeness (QED) is 0.712. The summed E-state index contributed by atoms with van der Waals surface area (Å²) in [5.74, 6) is 2.54. The van der Waals surface area contributed by atoms with Crippen molar-refractivity contribution in [2.75, 3.05) is 38.2 Å². The second kappa shape index (κ2) is 10.4. The number of carbonyl (C=O) groups excluding carboxylic acids is 2. The Morgan fingerprint density at radius 1 is 1.03 bits per heavy atom. The lowest BCUT2D eigenvalue weighted by molar-refractivity contribution is -0.134. The number of likely N-dealkylation sites (tertiary alicyclic amines) is 1. The summed E-state index contributed by atoms with van der Waals surface area (Å²) in [6.07, 6.45) is 3.10. The molecule has 2 aromatic carbocycles. The molecule has 1 N–H and O–H groups in total. The van der Waals surface area contributed by atoms with E-state index in [0.717, 1.165) is 24.8 Å². The highest BCUT2D eigenvalue weighted by atomic mass is 16.6. The van der Waals surface area contributed by atoms with Crippen LogP contribution in [-0.2, 0) is 9.59 Å². The Hall–Kier alpha value is -3.22. The van der Waals surface area contributed by atoms with Gasteiger partial charge < -0.3 is 24.4 Å². The molecule has 170 valence electrons. The molecule has 0 bridgehead atoms. The molecular formula is C25H30N2O5. The predicted octanol–water partition coefficient (Wildman–Crippen LogP) is 3.80. The first-order valence-corrected chi connectivity index (χ1v) is 11.2. The SMILES string of the molecule is Cc1ccc(OCC(=O)N2CCC(CCC(=O)Nc3ccc4c(c3)OCCO4)CC2)cc1. The Labute approximate surface area is 188 Å². The average Bonchev–Trinajstić information content (AvgIpc) is 2.82. The minimum absolute atomic E-state index is 0.00770. The van der Waals surface area contributed by atoms with E-state index >= 15 is 0 Å². The van der Waals surface area contributed by atoms with Gasteiger partial charge in [-0.3, -0.25) is 9.59 Å². The van der Waals surface area contributed by atoms with Crippen molar-refractivity contribution < 1.29 is 23.8 Å². The van der Waals surface area contributed by atoms with E-state index in [-0.39, 0.29) is 18.4 Å². The van der Waals surface area contributed by atoms with Crippen LogP contribution in [0.15, 0.2) is 42.5 Å². The maximum atomic E-state index is 12.4. The fourth-order valence-corrected chi connectivity index (χ4v) is 4.02. The van der Waals surface area contributed by atoms with E-state index in [1.165, 1.54) is 0 Å². The summed E-state index contributed by atoms with van der Waals surface area (Å²) in [5, 5.41) is 2.94. The van der Waals surface area contributed by atoms with Gasteiger partial charge in [0.2, 0.25) is 5.91 Å². The zero-order chi connectivity index (χ0) is 22.3. The van der Waals surface area contributed by atoms with Crippen LogP contribution >= 0.6 is 0 Å². The average molecular weight is 439 g/mol. The van der Waals surface area contributed by atoms with Crippen LogP contribution in [0.1, 0.15) is 31.2 Å². The van der Waals surface area contributed by atoms with Crippen LogP contribution in [-0.4, -0.2) is 49.6 Å². The molecule has 32 heavy (non-hydrogen) atoms. The fourth-order valence-electron chi connectivity index (χ4n) is 4.02. The van der Waals surface area contributed by atoms with Crippen LogP contribution < -0.4 is 19.5 Å². The summed E-state index contributed by atoms with van der Waals surface area (Å²) in [7, 11) is 0. The minimum Gasteiger partial charge on any atom is -0.486 e. The Morgan fingerprint density at radius 3 is 2.50 bits per heavy atom. The highest BCUT2D eigenvalue weighted by Gasteiger charge is 2.23. The van der Waals surface area contributed by atoms with Gasteiger partial charge in [0.25, 0.3) is 5.91 Å². The predicted molar refractivity (Wildman–Crippen MR) is 121 cm³/mol. The van der Waals surface area contributed by atoms with Crippen molar-refractivity contribution in [2.24, 2.45) is 5.92 Å². The van der Waals surface area contributed by atoms with Crippen molar-refractivity contribution in [3.8, 4) is 17.2 Å². The normalized spacial score (nSPS) is 15.8. The number of nitrogens with zero attached hydrogens (tertiary/aromatic N) is 1. The molecular weight excluding hydrogens is 408 g/mol. The Morgan fingerprint density at radius 2 is 1.75 bits per heavy atom. The number of amides is 2. The monoisotopic (exact) mass is 438 g/mol. The van der Waals surface area contributed by atoms with E-state index in [1.807, 2.05) is 48.2 Å². The van der Waals surface area contributed by atoms with Gasteiger partial charge in [-0.2, -0.15) is 0 Å². The van der Waals surface area contributed by atoms with Crippen LogP contribution in [0, 0.1) is 12.8 Å². The third-order valence-electron chi connectivity index (χ3n) is 5.96. The van der Waals surface area contributed by atoms with Crippen molar-refractivity contribution in [3.05, 3.63) is 48.0 Å². The van der Waals surface area contributed by atoms with Crippen molar-refractivity contribution in [2.45, 2.75) is 32.6 Å². The molecule has 0 atom stereocenters. The number of hydrogen-bond acceptors (Lipinski definition) is 5. The van der Waals surface area contributed by atoms with Crippen molar-refractivity contribution in [1.29, 1.82) is 0 Å². The van der Waals surface area contributed by atoms with Gasteiger partial charge in [0, 0.05) is 31.3 Å². The molecule has 0 unspecified atom stereocenters. The molecule has 1 fully saturated rings. The number of ether oxygens (including phenoxy) is 3. The van der Waals surface area contributed by atoms with Gasteiger partial charge in [-0.05, 0) is 56.4 Å². The number of fused-ring (bicyclic) bond motifs is 1. The number of anilines is 1. The lowest BCUT2D eigenvalue weighted by Crippen LogP contribution is -2.41. The first kappa shape index (κ1) is 22.0. The third-order valence-corrected chi connectivity index (χ3v) is 5.96. The summed E-state index contributed by atoms with van der Waals surface area (Å²) >= 11 is 0. The van der Waals surface area contributed by atoms with Gasteiger partial charge in [-0.15, -0.1) is 0 Å². The molecule has 2 aromatic rings. The number of nitrogens with one attached hydrogen (secondary N) is 1. The van der Waals surface area contributed by atoms with Gasteiger partial charge in [-0.25, -0.2) is 0 Å². The van der Waals surface area contributed by atoms with E-state index in [4.69, 9.17) is 14.2 Å². The maximum absolute atomic E-state index is 12.4. The van der Waals surface area contributed by atoms with E-state index in [9.17, 15) is 9.59 Å². The molecule has 0 aromatic heterocycles. The Bertz CT molecular complexity index is 936. The van der Waals surface area contributed by atoms with Crippen LogP contribution in [0.4, 0.5) is 5.69 Å². The van der Waals surface area contributed by atoms with Crippen LogP contribution in [0.3, 0.4) is 0 Å². The second-order valence-corrected chi connectivity index (χ2v) is 8.37. The molecule has 0 aliphatic carbocycles. The Balaban J connectivity index is 1.15. The first-order chi connectivity index (χ1) is 15.6. The van der Waals surface area contributed by atoms with Crippen molar-refractivity contribution in [1.82, 2.24) is 4.90 Å². The molecule has 2 amide bonds. The highest BCUT2D eigenvalue weighted by molar-refractivity contribution is 5.91. The van der Waals surface area contributed by atoms with E-state index in [1.54, 1.807) is 6.07 Å². The largest absolute Gasteiger partial charge is 0.486 e. The molecule has 2 aliphatic heterocycles. The number of carbonyl (C=O) groups is 2. The summed E-state index contributed by atoms with van der Waals surface area (Å²) < 4.78 is 16.7. The molecule has 0 radical (unpaired) electrons. The topological polar surface area (TPSA) is 77.1 Å². The minimum atomic E-state index is -0.00770. The van der Waals surface area contributed by atoms with Gasteiger partial charge in [-0.1, -0.05) is 17.7 Å². The van der Waals surface area contributed by atoms with Crippen molar-refractivity contribution >= 4 is 17.5 Å². The lowest BCUT2D eigenvalue weighted by atomic mass is 9.92. The summed E-state index contributed by atoms with van der Waals surface area (Å²) in [6.45, 7) is 4.56. The maximum Gasteiger partial charge on any atom is 0.260 e. The second-order valence-electron chi connectivity index (χ2n) is 8.37. The first-order valence-electron chi connectivity index (χ1n) is 11.2. The number of benzene rings is 2. The van der Waals surface area contributed by atoms with Gasteiger partial charge in [0.1, 0.15) is 19.0 Å². The number of rotatable bonds is 7. The van der Waals surface area contributed by atoms with E-state index in [2.05, 4.69) is 5.32 Å². The molecule has 7 nitrogen and oxygen atoms in total. The van der Waals surface area contributed by atoms with Gasteiger partial charge in [0.15, 0.2) is 18.1 Å². The lowest BCUT2D eigenvalue weighted by Gasteiger charge is -2.32. The number of piperidine rings is 1. The van der Waals surface area contributed by atoms with Crippen LogP contribution in [0.2, 0.25) is 0 Å². The number of hydrogen-bond donors (Lipinski definition) is 1. The van der Waals surface area contributed by atoms with Crippen LogP contribution in [0.5, 0.6) is 17.2 Å². The third kappa shape index (κ3) is 5.93. The smallest absolute Gasteiger partial charge is 0.260 e. The molecule has 2 heterocycles. The fraction of sp³-hybridized carbons (Fsp3) is 0.440. The molecule has 4 rings (SSSR count). The van der Waals surface area contributed by atoms with Gasteiger partial charge >= 0.3 is 0 Å². The molecule has 1 saturated heterocycles. The molecule has 0 spiro atoms. The standard InChI is InChI=1S/C25H30N2O5/c1-18-2-6-21(7-3-18)32-17-25(29)27-12-10-19(11-13-27)4-9-24(28)26-20-5-8-22-23(16-20)31-15-14-30-22/h2-3,5-8,16,19H,4,9-15,17H2,1H3,(H,26,28). The molecule has 2 aliphatic rings. The van der Waals surface area contributed by atoms with Gasteiger partial charge in [0.05, 0.1) is 0 Å². The van der Waals surface area contributed by atoms with Crippen molar-refractivity contribution in [3.63, 3.8) is 0 Å². The zero-order valence-electron chi connectivity index (χ0n) is 18.5. The summed E-state index contributed by atoms with van der Waals surface area (Å²) in [4.78, 5) is 26.7. The summed E-state index contributed by atoms with van der Waals surface area (Å²) in [5.41, 5.74) is 1.87. The zero-order valence-corrected chi connectivity index (χ0v) is 18.5. The Kier molecular flexibility index (Phi) is 7.14.